The van der Waals surface area contributed by atoms with Gasteiger partial charge in [-0.1, -0.05) is 13.8 Å². The first-order chi connectivity index (χ1) is 13.1. The number of carbonyl (C=O) groups excluding carboxylic acids is 3. The maximum absolute atomic E-state index is 14.1. The van der Waals surface area contributed by atoms with Crippen molar-refractivity contribution in [3.05, 3.63) is 29.6 Å². The van der Waals surface area contributed by atoms with Crippen molar-refractivity contribution in [1.29, 1.82) is 0 Å². The molecule has 11 heteroatoms. The summed E-state index contributed by atoms with van der Waals surface area (Å²) in [5.74, 6) is -2.91. The summed E-state index contributed by atoms with van der Waals surface area (Å²) in [6.45, 7) is 6.66. The molecule has 1 unspecified atom stereocenters. The molecule has 0 aliphatic rings. The molecule has 0 radical (unpaired) electrons. The molecule has 0 saturated heterocycles. The van der Waals surface area contributed by atoms with Crippen LogP contribution in [0, 0.1) is 5.82 Å². The highest BCUT2D eigenvalue weighted by Gasteiger charge is 2.27. The van der Waals surface area contributed by atoms with E-state index in [4.69, 9.17) is 4.74 Å². The second kappa shape index (κ2) is 10.1. The molecule has 0 aromatic heterocycles. The molecule has 9 nitrogen and oxygen atoms in total. The summed E-state index contributed by atoms with van der Waals surface area (Å²) >= 11 is 0. The first-order valence-electron chi connectivity index (χ1n) is 8.67. The number of ether oxygens (including phenoxy) is 1. The van der Waals surface area contributed by atoms with Crippen LogP contribution in [0.4, 0.5) is 9.18 Å². The number of imide groups is 1. The molecule has 3 amide bonds. The quantitative estimate of drug-likeness (QED) is 0.614. The molecule has 28 heavy (non-hydrogen) atoms. The molecular weight excluding hydrogens is 393 g/mol. The lowest BCUT2D eigenvalue weighted by Gasteiger charge is -2.19. The van der Waals surface area contributed by atoms with E-state index in [9.17, 15) is 27.2 Å². The number of benzene rings is 1. The zero-order chi connectivity index (χ0) is 21.5. The average Bonchev–Trinajstić information content (AvgIpc) is 2.62. The van der Waals surface area contributed by atoms with Gasteiger partial charge in [0.05, 0.1) is 5.56 Å². The lowest BCUT2D eigenvalue weighted by atomic mass is 10.2. The third-order valence-electron chi connectivity index (χ3n) is 3.72. The number of esters is 1. The van der Waals surface area contributed by atoms with Crippen LogP contribution in [0.5, 0.6) is 0 Å². The van der Waals surface area contributed by atoms with Crippen LogP contribution in [0.15, 0.2) is 23.1 Å². The highest BCUT2D eigenvalue weighted by molar-refractivity contribution is 7.89. The highest BCUT2D eigenvalue weighted by Crippen LogP contribution is 2.21. The standard InChI is InChI=1S/C17H24FN3O6S/c1-5-19-17(24)20-15(22)11(4)27-16(23)12-8-9-13(18)14(10-12)28(25,26)21(6-2)7-3/h8-11H,5-7H2,1-4H3,(H2,19,20,22,24). The van der Waals surface area contributed by atoms with Gasteiger partial charge < -0.3 is 10.1 Å². The third-order valence-corrected chi connectivity index (χ3v) is 5.78. The van der Waals surface area contributed by atoms with E-state index >= 15 is 0 Å². The molecule has 2 N–H and O–H groups in total. The average molecular weight is 417 g/mol. The fraction of sp³-hybridized carbons (Fsp3) is 0.471. The zero-order valence-electron chi connectivity index (χ0n) is 16.1. The first kappa shape index (κ1) is 23.5. The summed E-state index contributed by atoms with van der Waals surface area (Å²) in [7, 11) is -4.14. The number of carbonyl (C=O) groups is 3. The highest BCUT2D eigenvalue weighted by atomic mass is 32.2. The molecule has 0 aliphatic carbocycles. The van der Waals surface area contributed by atoms with E-state index < -0.39 is 44.7 Å². The Morgan fingerprint density at radius 1 is 1.18 bits per heavy atom. The normalized spacial score (nSPS) is 12.4. The van der Waals surface area contributed by atoms with Crippen molar-refractivity contribution in [1.82, 2.24) is 14.9 Å². The van der Waals surface area contributed by atoms with Gasteiger partial charge in [0.25, 0.3) is 5.91 Å². The summed E-state index contributed by atoms with van der Waals surface area (Å²) in [6, 6.07) is 2.00. The Bertz CT molecular complexity index is 839. The van der Waals surface area contributed by atoms with Crippen molar-refractivity contribution in [3.63, 3.8) is 0 Å². The van der Waals surface area contributed by atoms with Crippen LogP contribution in [-0.4, -0.2) is 56.4 Å². The van der Waals surface area contributed by atoms with Gasteiger partial charge in [-0.25, -0.2) is 22.4 Å². The number of sulfonamides is 1. The van der Waals surface area contributed by atoms with E-state index in [-0.39, 0.29) is 18.7 Å². The van der Waals surface area contributed by atoms with Crippen LogP contribution in [0.25, 0.3) is 0 Å². The van der Waals surface area contributed by atoms with Gasteiger partial charge in [-0.2, -0.15) is 4.31 Å². The van der Waals surface area contributed by atoms with E-state index in [1.165, 1.54) is 6.92 Å². The van der Waals surface area contributed by atoms with Crippen LogP contribution in [-0.2, 0) is 19.6 Å². The summed E-state index contributed by atoms with van der Waals surface area (Å²) in [4.78, 5) is 34.7. The van der Waals surface area contributed by atoms with Crippen LogP contribution in [0.1, 0.15) is 38.1 Å². The fourth-order valence-electron chi connectivity index (χ4n) is 2.23. The number of nitrogens with zero attached hydrogens (tertiary/aromatic N) is 1. The first-order valence-corrected chi connectivity index (χ1v) is 10.1. The van der Waals surface area contributed by atoms with Crippen LogP contribution in [0.3, 0.4) is 0 Å². The third kappa shape index (κ3) is 5.73. The van der Waals surface area contributed by atoms with Crippen molar-refractivity contribution in [2.24, 2.45) is 0 Å². The summed E-state index contributed by atoms with van der Waals surface area (Å²) in [6.07, 6.45) is -1.33. The molecule has 0 bridgehead atoms. The molecule has 156 valence electrons. The maximum Gasteiger partial charge on any atom is 0.338 e. The monoisotopic (exact) mass is 417 g/mol. The molecule has 1 atom stereocenters. The topological polar surface area (TPSA) is 122 Å². The molecule has 0 fully saturated rings. The molecule has 0 spiro atoms. The number of hydrogen-bond donors (Lipinski definition) is 2. The SMILES string of the molecule is CCNC(=O)NC(=O)C(C)OC(=O)c1ccc(F)c(S(=O)(=O)N(CC)CC)c1. The predicted octanol–water partition coefficient (Wildman–Crippen LogP) is 1.25. The minimum absolute atomic E-state index is 0.129. The van der Waals surface area contributed by atoms with E-state index in [1.54, 1.807) is 20.8 Å². The molecule has 1 rings (SSSR count). The van der Waals surface area contributed by atoms with Crippen molar-refractivity contribution < 1.29 is 31.9 Å². The molecule has 0 heterocycles. The Balaban J connectivity index is 3.02. The van der Waals surface area contributed by atoms with Crippen molar-refractivity contribution >= 4 is 27.9 Å². The van der Waals surface area contributed by atoms with Crippen molar-refractivity contribution in [3.8, 4) is 0 Å². The van der Waals surface area contributed by atoms with E-state index in [1.807, 2.05) is 5.32 Å². The van der Waals surface area contributed by atoms with Gasteiger partial charge in [0.1, 0.15) is 10.7 Å². The van der Waals surface area contributed by atoms with Crippen molar-refractivity contribution in [2.45, 2.75) is 38.7 Å². The summed E-state index contributed by atoms with van der Waals surface area (Å²) < 4.78 is 45.1. The van der Waals surface area contributed by atoms with Gasteiger partial charge in [0.15, 0.2) is 6.10 Å². The Morgan fingerprint density at radius 2 is 1.79 bits per heavy atom. The number of amides is 3. The van der Waals surface area contributed by atoms with Crippen LogP contribution in [0.2, 0.25) is 0 Å². The van der Waals surface area contributed by atoms with Gasteiger partial charge in [0, 0.05) is 19.6 Å². The van der Waals surface area contributed by atoms with Crippen molar-refractivity contribution in [2.75, 3.05) is 19.6 Å². The number of halogens is 1. The molecule has 1 aromatic rings. The second-order valence-corrected chi connectivity index (χ2v) is 7.54. The number of rotatable bonds is 8. The van der Waals surface area contributed by atoms with Gasteiger partial charge in [0.2, 0.25) is 10.0 Å². The minimum Gasteiger partial charge on any atom is -0.449 e. The predicted molar refractivity (Wildman–Crippen MR) is 98.6 cm³/mol. The molecule has 0 saturated carbocycles. The molecular formula is C17H24FN3O6S. The fourth-order valence-corrected chi connectivity index (χ4v) is 3.78. The molecule has 1 aromatic carbocycles. The maximum atomic E-state index is 14.1. The molecule has 0 aliphatic heterocycles. The number of hydrogen-bond acceptors (Lipinski definition) is 6. The lowest BCUT2D eigenvalue weighted by Crippen LogP contribution is -2.44. The number of nitrogens with one attached hydrogen (secondary N) is 2. The number of urea groups is 1. The second-order valence-electron chi connectivity index (χ2n) is 5.63. The Labute approximate surface area is 163 Å². The van der Waals surface area contributed by atoms with Gasteiger partial charge in [-0.05, 0) is 32.0 Å². The summed E-state index contributed by atoms with van der Waals surface area (Å²) in [5, 5.41) is 4.33. The Kier molecular flexibility index (Phi) is 8.51. The largest absolute Gasteiger partial charge is 0.449 e. The van der Waals surface area contributed by atoms with Gasteiger partial charge >= 0.3 is 12.0 Å². The van der Waals surface area contributed by atoms with E-state index in [2.05, 4.69) is 5.32 Å². The lowest BCUT2D eigenvalue weighted by molar-refractivity contribution is -0.127. The van der Waals surface area contributed by atoms with Gasteiger partial charge in [-0.3, -0.25) is 10.1 Å². The van der Waals surface area contributed by atoms with E-state index in [0.29, 0.717) is 6.54 Å². The van der Waals surface area contributed by atoms with Crippen LogP contribution >= 0.6 is 0 Å². The van der Waals surface area contributed by atoms with Gasteiger partial charge in [-0.15, -0.1) is 0 Å². The van der Waals surface area contributed by atoms with E-state index in [0.717, 1.165) is 22.5 Å². The Hall–Kier alpha value is -2.53. The zero-order valence-corrected chi connectivity index (χ0v) is 16.9. The minimum atomic E-state index is -4.14. The summed E-state index contributed by atoms with van der Waals surface area (Å²) in [5.41, 5.74) is -0.246. The Morgan fingerprint density at radius 3 is 2.32 bits per heavy atom. The van der Waals surface area contributed by atoms with Crippen LogP contribution < -0.4 is 10.6 Å². The smallest absolute Gasteiger partial charge is 0.338 e.